The summed E-state index contributed by atoms with van der Waals surface area (Å²) in [7, 11) is 0. The van der Waals surface area contributed by atoms with Gasteiger partial charge in [0.25, 0.3) is 0 Å². The summed E-state index contributed by atoms with van der Waals surface area (Å²) in [5.74, 6) is -0.951. The number of carboxylic acids is 1. The highest BCUT2D eigenvalue weighted by Crippen LogP contribution is 2.16. The summed E-state index contributed by atoms with van der Waals surface area (Å²) in [6, 6.07) is 0. The fourth-order valence-electron chi connectivity index (χ4n) is 0.750. The van der Waals surface area contributed by atoms with Crippen molar-refractivity contribution in [2.24, 2.45) is 0 Å². The van der Waals surface area contributed by atoms with Crippen molar-refractivity contribution >= 4 is 29.3 Å². The lowest BCUT2D eigenvalue weighted by atomic mass is 10.3. The van der Waals surface area contributed by atoms with E-state index in [0.717, 1.165) is 0 Å². The van der Waals surface area contributed by atoms with Crippen molar-refractivity contribution in [2.75, 3.05) is 6.26 Å². The maximum Gasteiger partial charge on any atom is 0.309 e. The second kappa shape index (κ2) is 4.43. The number of aliphatic carboxylic acids is 1. The maximum absolute atomic E-state index is 10.4. The fourth-order valence-corrected chi connectivity index (χ4v) is 1.27. The SMILES string of the molecule is CSc1ncc(Cl)c(CC(=O)O)n1. The molecule has 0 amide bonds. The number of halogens is 1. The summed E-state index contributed by atoms with van der Waals surface area (Å²) >= 11 is 7.04. The lowest BCUT2D eigenvalue weighted by Gasteiger charge is -2.00. The molecule has 0 radical (unpaired) electrons. The van der Waals surface area contributed by atoms with Crippen LogP contribution in [0.15, 0.2) is 11.4 Å². The van der Waals surface area contributed by atoms with E-state index in [1.54, 1.807) is 0 Å². The standard InChI is InChI=1S/C7H7ClN2O2S/c1-13-7-9-3-4(8)5(10-7)2-6(11)12/h3H,2H2,1H3,(H,11,12). The fraction of sp³-hybridized carbons (Fsp3) is 0.286. The highest BCUT2D eigenvalue weighted by molar-refractivity contribution is 7.98. The van der Waals surface area contributed by atoms with Gasteiger partial charge in [-0.05, 0) is 6.26 Å². The lowest BCUT2D eigenvalue weighted by Crippen LogP contribution is -2.04. The van der Waals surface area contributed by atoms with E-state index in [4.69, 9.17) is 16.7 Å². The van der Waals surface area contributed by atoms with Gasteiger partial charge >= 0.3 is 5.97 Å². The normalized spacial score (nSPS) is 10.0. The van der Waals surface area contributed by atoms with Crippen LogP contribution in [0.5, 0.6) is 0 Å². The van der Waals surface area contributed by atoms with Crippen LogP contribution in [-0.4, -0.2) is 27.3 Å². The summed E-state index contributed by atoms with van der Waals surface area (Å²) in [6.07, 6.45) is 3.06. The van der Waals surface area contributed by atoms with E-state index in [9.17, 15) is 4.79 Å². The van der Waals surface area contributed by atoms with Crippen molar-refractivity contribution in [3.05, 3.63) is 16.9 Å². The van der Waals surface area contributed by atoms with Crippen LogP contribution in [0.4, 0.5) is 0 Å². The molecule has 1 rings (SSSR count). The van der Waals surface area contributed by atoms with Gasteiger partial charge in [-0.2, -0.15) is 0 Å². The number of carboxylic acid groups (broad SMARTS) is 1. The van der Waals surface area contributed by atoms with E-state index in [0.29, 0.717) is 15.9 Å². The second-order valence-electron chi connectivity index (χ2n) is 2.22. The minimum absolute atomic E-state index is 0.172. The van der Waals surface area contributed by atoms with Crippen LogP contribution < -0.4 is 0 Å². The number of aromatic nitrogens is 2. The third kappa shape index (κ3) is 2.86. The van der Waals surface area contributed by atoms with Crippen LogP contribution in [0.2, 0.25) is 5.02 Å². The first-order valence-electron chi connectivity index (χ1n) is 3.40. The Bertz CT molecular complexity index is 332. The maximum atomic E-state index is 10.4. The molecule has 0 spiro atoms. The minimum Gasteiger partial charge on any atom is -0.481 e. The molecule has 1 N–H and O–H groups in total. The highest BCUT2D eigenvalue weighted by atomic mass is 35.5. The van der Waals surface area contributed by atoms with E-state index in [1.165, 1.54) is 18.0 Å². The van der Waals surface area contributed by atoms with E-state index >= 15 is 0 Å². The van der Waals surface area contributed by atoms with Gasteiger partial charge in [0.05, 0.1) is 23.3 Å². The van der Waals surface area contributed by atoms with Crippen LogP contribution in [-0.2, 0) is 11.2 Å². The van der Waals surface area contributed by atoms with Gasteiger partial charge in [0.2, 0.25) is 0 Å². The molecule has 0 unspecified atom stereocenters. The third-order valence-electron chi connectivity index (χ3n) is 1.30. The van der Waals surface area contributed by atoms with Crippen molar-refractivity contribution in [3.8, 4) is 0 Å². The van der Waals surface area contributed by atoms with Crippen molar-refractivity contribution < 1.29 is 9.90 Å². The van der Waals surface area contributed by atoms with Gasteiger partial charge in [-0.15, -0.1) is 0 Å². The van der Waals surface area contributed by atoms with E-state index in [-0.39, 0.29) is 6.42 Å². The molecular formula is C7H7ClN2O2S. The van der Waals surface area contributed by atoms with Crippen molar-refractivity contribution in [2.45, 2.75) is 11.6 Å². The largest absolute Gasteiger partial charge is 0.481 e. The quantitative estimate of drug-likeness (QED) is 0.615. The third-order valence-corrected chi connectivity index (χ3v) is 2.17. The second-order valence-corrected chi connectivity index (χ2v) is 3.40. The smallest absolute Gasteiger partial charge is 0.309 e. The van der Waals surface area contributed by atoms with Gasteiger partial charge < -0.3 is 5.11 Å². The Balaban J connectivity index is 2.96. The predicted octanol–water partition coefficient (Wildman–Crippen LogP) is 1.48. The number of rotatable bonds is 3. The van der Waals surface area contributed by atoms with Crippen LogP contribution in [0.1, 0.15) is 5.69 Å². The first-order valence-corrected chi connectivity index (χ1v) is 5.01. The molecular weight excluding hydrogens is 212 g/mol. The molecule has 1 aromatic rings. The number of hydrogen-bond donors (Lipinski definition) is 1. The Hall–Kier alpha value is -0.810. The summed E-state index contributed by atoms with van der Waals surface area (Å²) in [4.78, 5) is 18.3. The molecule has 1 heterocycles. The first-order chi connectivity index (χ1) is 6.13. The van der Waals surface area contributed by atoms with Gasteiger partial charge in [-0.1, -0.05) is 23.4 Å². The predicted molar refractivity (Wildman–Crippen MR) is 50.2 cm³/mol. The number of hydrogen-bond acceptors (Lipinski definition) is 4. The van der Waals surface area contributed by atoms with Crippen LogP contribution in [0.25, 0.3) is 0 Å². The van der Waals surface area contributed by atoms with Crippen LogP contribution >= 0.6 is 23.4 Å². The molecule has 0 aliphatic rings. The molecule has 70 valence electrons. The summed E-state index contributed by atoms with van der Waals surface area (Å²) in [5, 5.41) is 9.35. The van der Waals surface area contributed by atoms with Crippen LogP contribution in [0.3, 0.4) is 0 Å². The zero-order valence-electron chi connectivity index (χ0n) is 6.82. The van der Waals surface area contributed by atoms with E-state index in [1.807, 2.05) is 6.26 Å². The topological polar surface area (TPSA) is 63.1 Å². The molecule has 0 aliphatic carbocycles. The molecule has 13 heavy (non-hydrogen) atoms. The number of nitrogens with zero attached hydrogens (tertiary/aromatic N) is 2. The van der Waals surface area contributed by atoms with Crippen molar-refractivity contribution in [1.82, 2.24) is 9.97 Å². The van der Waals surface area contributed by atoms with Crippen LogP contribution in [0, 0.1) is 0 Å². The lowest BCUT2D eigenvalue weighted by molar-refractivity contribution is -0.136. The summed E-state index contributed by atoms with van der Waals surface area (Å²) < 4.78 is 0. The van der Waals surface area contributed by atoms with Crippen molar-refractivity contribution in [3.63, 3.8) is 0 Å². The summed E-state index contributed by atoms with van der Waals surface area (Å²) in [6.45, 7) is 0. The summed E-state index contributed by atoms with van der Waals surface area (Å²) in [5.41, 5.74) is 0.355. The van der Waals surface area contributed by atoms with Gasteiger partial charge in [0.15, 0.2) is 5.16 Å². The van der Waals surface area contributed by atoms with Gasteiger partial charge in [0.1, 0.15) is 0 Å². The molecule has 0 saturated heterocycles. The Morgan fingerprint density at radius 2 is 2.46 bits per heavy atom. The Kier molecular flexibility index (Phi) is 3.50. The zero-order chi connectivity index (χ0) is 9.84. The molecule has 0 saturated carbocycles. The van der Waals surface area contributed by atoms with Gasteiger partial charge in [-0.25, -0.2) is 9.97 Å². The van der Waals surface area contributed by atoms with Gasteiger partial charge in [-0.3, -0.25) is 4.79 Å². The van der Waals surface area contributed by atoms with Crippen molar-refractivity contribution in [1.29, 1.82) is 0 Å². The monoisotopic (exact) mass is 218 g/mol. The molecule has 1 aromatic heterocycles. The minimum atomic E-state index is -0.951. The van der Waals surface area contributed by atoms with E-state index in [2.05, 4.69) is 9.97 Å². The molecule has 0 fully saturated rings. The Morgan fingerprint density at radius 1 is 1.77 bits per heavy atom. The Labute approximate surface area is 84.3 Å². The number of thioether (sulfide) groups is 1. The average molecular weight is 219 g/mol. The molecule has 4 nitrogen and oxygen atoms in total. The molecule has 0 bridgehead atoms. The molecule has 0 aliphatic heterocycles. The first kappa shape index (κ1) is 10.3. The highest BCUT2D eigenvalue weighted by Gasteiger charge is 2.08. The number of carbonyl (C=O) groups is 1. The van der Waals surface area contributed by atoms with E-state index < -0.39 is 5.97 Å². The molecule has 6 heteroatoms. The molecule has 0 aromatic carbocycles. The Morgan fingerprint density at radius 3 is 3.00 bits per heavy atom. The molecule has 0 atom stereocenters. The average Bonchev–Trinajstić information content (AvgIpc) is 2.08. The zero-order valence-corrected chi connectivity index (χ0v) is 8.39. The van der Waals surface area contributed by atoms with Gasteiger partial charge in [0, 0.05) is 0 Å².